The van der Waals surface area contributed by atoms with Crippen LogP contribution in [0.15, 0.2) is 59.0 Å². The van der Waals surface area contributed by atoms with Gasteiger partial charge in [0.1, 0.15) is 0 Å². The number of allylic oxidation sites excluding steroid dienone is 1. The van der Waals surface area contributed by atoms with Gasteiger partial charge in [0.2, 0.25) is 11.8 Å². The fraction of sp³-hybridized carbons (Fsp3) is 0.261. The number of aliphatic carboxylic acids is 1. The lowest BCUT2D eigenvalue weighted by Gasteiger charge is -2.04. The maximum Gasteiger partial charge on any atom is 0.304 e. The third-order valence-corrected chi connectivity index (χ3v) is 4.06. The second-order valence-electron chi connectivity index (χ2n) is 6.53. The first-order valence-electron chi connectivity index (χ1n) is 9.62. The predicted octanol–water partition coefficient (Wildman–Crippen LogP) is 4.81. The van der Waals surface area contributed by atoms with E-state index in [2.05, 4.69) is 36.2 Å². The Bertz CT molecular complexity index is 916. The van der Waals surface area contributed by atoms with E-state index in [1.807, 2.05) is 48.5 Å². The number of hydrogen-bond acceptors (Lipinski definition) is 5. The van der Waals surface area contributed by atoms with Crippen molar-refractivity contribution < 1.29 is 14.3 Å². The highest BCUT2D eigenvalue weighted by molar-refractivity contribution is 5.79. The lowest BCUT2D eigenvalue weighted by atomic mass is 10.0. The molecule has 6 nitrogen and oxygen atoms in total. The quantitative estimate of drug-likeness (QED) is 0.597. The molecule has 0 atom stereocenters. The van der Waals surface area contributed by atoms with Crippen molar-refractivity contribution in [3.63, 3.8) is 0 Å². The van der Waals surface area contributed by atoms with Crippen molar-refractivity contribution in [1.82, 2.24) is 10.2 Å². The normalized spacial score (nSPS) is 10.9. The van der Waals surface area contributed by atoms with Crippen LogP contribution in [0.3, 0.4) is 0 Å². The summed E-state index contributed by atoms with van der Waals surface area (Å²) in [4.78, 5) is 9.52. The Morgan fingerprint density at radius 3 is 2.31 bits per heavy atom. The summed E-state index contributed by atoms with van der Waals surface area (Å²) in [5.74, 6) is 0.269. The number of aryl methyl sites for hydroxylation is 1. The number of carboxylic acid groups (broad SMARTS) is 1. The Morgan fingerprint density at radius 2 is 1.76 bits per heavy atom. The molecule has 29 heavy (non-hydrogen) atoms. The summed E-state index contributed by atoms with van der Waals surface area (Å²) in [6.45, 7) is 4.46. The molecular weight excluding hydrogens is 366 g/mol. The summed E-state index contributed by atoms with van der Waals surface area (Å²) in [6.07, 6.45) is 4.11. The highest BCUT2D eigenvalue weighted by Crippen LogP contribution is 2.24. The van der Waals surface area contributed by atoms with E-state index in [9.17, 15) is 4.79 Å². The molecule has 0 unspecified atom stereocenters. The third kappa shape index (κ3) is 7.35. The first-order valence-corrected chi connectivity index (χ1v) is 9.62. The highest BCUT2D eigenvalue weighted by atomic mass is 16.4. The first-order chi connectivity index (χ1) is 14.0. The van der Waals surface area contributed by atoms with E-state index in [0.717, 1.165) is 18.4 Å². The predicted molar refractivity (Wildman–Crippen MR) is 115 cm³/mol. The summed E-state index contributed by atoms with van der Waals surface area (Å²) >= 11 is 0. The summed E-state index contributed by atoms with van der Waals surface area (Å²) in [5, 5.41) is 16.2. The zero-order valence-electron chi connectivity index (χ0n) is 16.8. The van der Waals surface area contributed by atoms with Crippen molar-refractivity contribution in [3.05, 3.63) is 71.6 Å². The summed E-state index contributed by atoms with van der Waals surface area (Å²) in [6, 6.07) is 18.4. The fourth-order valence-electron chi connectivity index (χ4n) is 2.60. The maximum absolute atomic E-state index is 9.52. The van der Waals surface area contributed by atoms with Gasteiger partial charge in [0.25, 0.3) is 0 Å². The Kier molecular flexibility index (Phi) is 8.79. The average Bonchev–Trinajstić information content (AvgIpc) is 3.18. The van der Waals surface area contributed by atoms with Gasteiger partial charge >= 0.3 is 5.97 Å². The minimum Gasteiger partial charge on any atom is -0.481 e. The number of carbonyl (C=O) groups is 1. The van der Waals surface area contributed by atoms with E-state index in [1.54, 1.807) is 0 Å². The van der Waals surface area contributed by atoms with Gasteiger partial charge in [-0.25, -0.2) is 0 Å². The SMILES string of the molecule is CCC/C(=C\c1nnc(-c2ccc(C)cc2)o1)c1ccccc1.NCCC(=O)O. The lowest BCUT2D eigenvalue weighted by Crippen LogP contribution is -2.05. The van der Waals surface area contributed by atoms with Gasteiger partial charge < -0.3 is 15.3 Å². The number of benzene rings is 2. The molecule has 2 aromatic carbocycles. The number of aromatic nitrogens is 2. The highest BCUT2D eigenvalue weighted by Gasteiger charge is 2.08. The molecule has 3 rings (SSSR count). The molecule has 0 radical (unpaired) electrons. The van der Waals surface area contributed by atoms with Crippen molar-refractivity contribution in [2.45, 2.75) is 33.1 Å². The molecule has 1 aromatic heterocycles. The average molecular weight is 393 g/mol. The standard InChI is InChI=1S/C20H20N2O.C3H7NO2/c1-3-7-18(16-8-5-4-6-9-16)14-19-21-22-20(23-19)17-12-10-15(2)11-13-17;4-2-1-3(5)6/h4-6,8-14H,3,7H2,1-2H3;1-2,4H2,(H,5,6)/b18-14+;. The molecule has 0 aliphatic heterocycles. The summed E-state index contributed by atoms with van der Waals surface area (Å²) < 4.78 is 5.81. The third-order valence-electron chi connectivity index (χ3n) is 4.06. The van der Waals surface area contributed by atoms with Crippen LogP contribution in [0.25, 0.3) is 23.1 Å². The second kappa shape index (κ2) is 11.6. The molecule has 0 aliphatic carbocycles. The van der Waals surface area contributed by atoms with E-state index >= 15 is 0 Å². The number of nitrogens with two attached hydrogens (primary N) is 1. The van der Waals surface area contributed by atoms with Crippen LogP contribution in [0.2, 0.25) is 0 Å². The Balaban J connectivity index is 0.000000438. The number of nitrogens with zero attached hydrogens (tertiary/aromatic N) is 2. The lowest BCUT2D eigenvalue weighted by molar-refractivity contribution is -0.136. The van der Waals surface area contributed by atoms with Gasteiger partial charge in [-0.2, -0.15) is 0 Å². The van der Waals surface area contributed by atoms with Gasteiger partial charge in [0.15, 0.2) is 0 Å². The van der Waals surface area contributed by atoms with Gasteiger partial charge in [0, 0.05) is 18.2 Å². The smallest absolute Gasteiger partial charge is 0.304 e. The monoisotopic (exact) mass is 393 g/mol. The molecule has 1 heterocycles. The number of rotatable bonds is 7. The van der Waals surface area contributed by atoms with Crippen LogP contribution in [-0.4, -0.2) is 27.8 Å². The largest absolute Gasteiger partial charge is 0.481 e. The van der Waals surface area contributed by atoms with Crippen LogP contribution in [0, 0.1) is 6.92 Å². The molecule has 0 saturated carbocycles. The van der Waals surface area contributed by atoms with Crippen LogP contribution in [0.5, 0.6) is 0 Å². The van der Waals surface area contributed by atoms with Gasteiger partial charge in [-0.05, 0) is 36.6 Å². The minimum absolute atomic E-state index is 0.0694. The van der Waals surface area contributed by atoms with Gasteiger partial charge in [-0.15, -0.1) is 10.2 Å². The number of hydrogen-bond donors (Lipinski definition) is 2. The molecule has 0 amide bonds. The molecule has 6 heteroatoms. The van der Waals surface area contributed by atoms with Crippen molar-refractivity contribution in [2.24, 2.45) is 5.73 Å². The van der Waals surface area contributed by atoms with Crippen molar-refractivity contribution in [1.29, 1.82) is 0 Å². The van der Waals surface area contributed by atoms with Gasteiger partial charge in [-0.3, -0.25) is 4.79 Å². The van der Waals surface area contributed by atoms with E-state index in [-0.39, 0.29) is 13.0 Å². The molecule has 0 bridgehead atoms. The summed E-state index contributed by atoms with van der Waals surface area (Å²) in [5.41, 5.74) is 9.42. The molecular formula is C23H27N3O3. The van der Waals surface area contributed by atoms with Crippen LogP contribution in [0.1, 0.15) is 43.2 Å². The molecule has 3 N–H and O–H groups in total. The topological polar surface area (TPSA) is 102 Å². The molecule has 0 spiro atoms. The van der Waals surface area contributed by atoms with Crippen LogP contribution in [0.4, 0.5) is 0 Å². The summed E-state index contributed by atoms with van der Waals surface area (Å²) in [7, 11) is 0. The zero-order valence-corrected chi connectivity index (χ0v) is 16.8. The molecule has 3 aromatic rings. The van der Waals surface area contributed by atoms with Crippen molar-refractivity contribution in [2.75, 3.05) is 6.54 Å². The molecule has 0 fully saturated rings. The zero-order chi connectivity index (χ0) is 21.1. The van der Waals surface area contributed by atoms with Crippen molar-refractivity contribution in [3.8, 4) is 11.5 Å². The number of carboxylic acids is 1. The van der Waals surface area contributed by atoms with Crippen LogP contribution >= 0.6 is 0 Å². The Hall–Kier alpha value is -3.25. The molecule has 0 saturated heterocycles. The molecule has 152 valence electrons. The second-order valence-corrected chi connectivity index (χ2v) is 6.53. The van der Waals surface area contributed by atoms with E-state index in [4.69, 9.17) is 15.3 Å². The van der Waals surface area contributed by atoms with E-state index in [0.29, 0.717) is 11.8 Å². The van der Waals surface area contributed by atoms with Gasteiger partial charge in [-0.1, -0.05) is 61.4 Å². The Labute approximate surface area is 171 Å². The first kappa shape index (κ1) is 22.0. The molecule has 0 aliphatic rings. The van der Waals surface area contributed by atoms with E-state index in [1.165, 1.54) is 16.7 Å². The van der Waals surface area contributed by atoms with E-state index < -0.39 is 5.97 Å². The van der Waals surface area contributed by atoms with Crippen LogP contribution < -0.4 is 5.73 Å². The fourth-order valence-corrected chi connectivity index (χ4v) is 2.60. The minimum atomic E-state index is -0.836. The van der Waals surface area contributed by atoms with Crippen LogP contribution in [-0.2, 0) is 4.79 Å². The van der Waals surface area contributed by atoms with Gasteiger partial charge in [0.05, 0.1) is 6.42 Å². The Morgan fingerprint density at radius 1 is 1.07 bits per heavy atom. The maximum atomic E-state index is 9.52. The van der Waals surface area contributed by atoms with Crippen molar-refractivity contribution >= 4 is 17.6 Å².